The van der Waals surface area contributed by atoms with E-state index in [-0.39, 0.29) is 0 Å². The zero-order valence-corrected chi connectivity index (χ0v) is 9.07. The smallest absolute Gasteiger partial charge is 0.438 e. The molecular weight excluding hydrogens is 234 g/mol. The summed E-state index contributed by atoms with van der Waals surface area (Å²) in [4.78, 5) is 10.6. The average Bonchev–Trinajstić information content (AvgIpc) is 2.35. The highest BCUT2D eigenvalue weighted by atomic mass is 19.3. The summed E-state index contributed by atoms with van der Waals surface area (Å²) in [5.41, 5.74) is 1.78. The molecular formula is C10H12F2N2O3. The minimum absolute atomic E-state index is 0.433. The molecule has 94 valence electrons. The summed E-state index contributed by atoms with van der Waals surface area (Å²) >= 11 is 0. The lowest BCUT2D eigenvalue weighted by Crippen LogP contribution is -2.45. The van der Waals surface area contributed by atoms with Crippen LogP contribution in [0.5, 0.6) is 5.75 Å². The predicted octanol–water partition coefficient (Wildman–Crippen LogP) is 0.794. The van der Waals surface area contributed by atoms with E-state index in [1.165, 1.54) is 18.6 Å². The van der Waals surface area contributed by atoms with Gasteiger partial charge in [-0.1, -0.05) is 12.1 Å². The number of nitrogens with one attached hydrogen (secondary N) is 1. The number of hydrogen-bond donors (Lipinski definition) is 2. The monoisotopic (exact) mass is 246 g/mol. The van der Waals surface area contributed by atoms with Gasteiger partial charge >= 0.3 is 12.0 Å². The number of hydrogen-bond acceptors (Lipinski definition) is 4. The lowest BCUT2D eigenvalue weighted by molar-refractivity contribution is -0.236. The fraction of sp³-hybridized carbons (Fsp3) is 0.300. The van der Waals surface area contributed by atoms with Gasteiger partial charge in [-0.3, -0.25) is 10.2 Å². The number of carbonyl (C=O) groups is 1. The van der Waals surface area contributed by atoms with Gasteiger partial charge in [0.2, 0.25) is 0 Å². The first kappa shape index (κ1) is 13.3. The first-order valence-electron chi connectivity index (χ1n) is 4.65. The molecule has 0 fully saturated rings. The Morgan fingerprint density at radius 1 is 1.53 bits per heavy atom. The van der Waals surface area contributed by atoms with E-state index in [1.54, 1.807) is 18.2 Å². The van der Waals surface area contributed by atoms with Crippen molar-refractivity contribution in [3.8, 4) is 5.75 Å². The zero-order valence-electron chi connectivity index (χ0n) is 9.07. The van der Waals surface area contributed by atoms with Gasteiger partial charge in [-0.25, -0.2) is 5.84 Å². The molecule has 0 unspecified atom stereocenters. The van der Waals surface area contributed by atoms with Crippen molar-refractivity contribution in [3.05, 3.63) is 29.8 Å². The van der Waals surface area contributed by atoms with E-state index >= 15 is 0 Å². The molecule has 0 bridgehead atoms. The number of benzene rings is 1. The molecule has 0 saturated heterocycles. The van der Waals surface area contributed by atoms with Gasteiger partial charge in [-0.15, -0.1) is 0 Å². The zero-order chi connectivity index (χ0) is 12.9. The first-order valence-corrected chi connectivity index (χ1v) is 4.65. The number of amides is 1. The summed E-state index contributed by atoms with van der Waals surface area (Å²) in [6, 6.07) is 6.38. The molecule has 1 aromatic rings. The second-order valence-electron chi connectivity index (χ2n) is 3.13. The number of halogens is 2. The number of methoxy groups -OCH3 is 1. The molecule has 5 nitrogen and oxygen atoms in total. The maximum Gasteiger partial charge on any atom is 0.438 e. The van der Waals surface area contributed by atoms with Crippen LogP contribution in [0.4, 0.5) is 8.78 Å². The van der Waals surface area contributed by atoms with Crippen molar-refractivity contribution >= 4 is 5.91 Å². The highest BCUT2D eigenvalue weighted by Crippen LogP contribution is 2.19. The Kier molecular flexibility index (Phi) is 4.36. The number of alkyl halides is 2. The van der Waals surface area contributed by atoms with E-state index in [4.69, 9.17) is 4.74 Å². The molecule has 17 heavy (non-hydrogen) atoms. The van der Waals surface area contributed by atoms with Gasteiger partial charge in [0.15, 0.2) is 0 Å². The van der Waals surface area contributed by atoms with Gasteiger partial charge in [0, 0.05) is 0 Å². The Hall–Kier alpha value is -1.73. The number of hydrazine groups is 1. The fourth-order valence-corrected chi connectivity index (χ4v) is 1.09. The van der Waals surface area contributed by atoms with Crippen molar-refractivity contribution in [1.82, 2.24) is 5.43 Å². The van der Waals surface area contributed by atoms with Crippen molar-refractivity contribution < 1.29 is 23.0 Å². The van der Waals surface area contributed by atoms with Gasteiger partial charge in [-0.2, -0.15) is 8.78 Å². The van der Waals surface area contributed by atoms with Crippen LogP contribution in [0.1, 0.15) is 5.56 Å². The topological polar surface area (TPSA) is 73.6 Å². The SMILES string of the molecule is COc1cccc(COC(F)(F)C(=O)NN)c1. The van der Waals surface area contributed by atoms with Gasteiger partial charge < -0.3 is 9.47 Å². The van der Waals surface area contributed by atoms with Crippen molar-refractivity contribution in [1.29, 1.82) is 0 Å². The minimum Gasteiger partial charge on any atom is -0.497 e. The quantitative estimate of drug-likeness (QED) is 0.457. The van der Waals surface area contributed by atoms with E-state index in [0.29, 0.717) is 11.3 Å². The molecule has 0 aromatic heterocycles. The molecule has 7 heteroatoms. The molecule has 1 rings (SSSR count). The third kappa shape index (κ3) is 3.65. The van der Waals surface area contributed by atoms with Gasteiger partial charge in [0.05, 0.1) is 13.7 Å². The maximum atomic E-state index is 12.9. The molecule has 0 aliphatic rings. The van der Waals surface area contributed by atoms with E-state index < -0.39 is 18.6 Å². The van der Waals surface area contributed by atoms with Crippen LogP contribution < -0.4 is 16.0 Å². The Morgan fingerprint density at radius 2 is 2.24 bits per heavy atom. The predicted molar refractivity (Wildman–Crippen MR) is 55.1 cm³/mol. The molecule has 0 aliphatic heterocycles. The maximum absolute atomic E-state index is 12.9. The molecule has 3 N–H and O–H groups in total. The third-order valence-corrected chi connectivity index (χ3v) is 1.95. The van der Waals surface area contributed by atoms with Crippen molar-refractivity contribution in [2.75, 3.05) is 7.11 Å². The second-order valence-corrected chi connectivity index (χ2v) is 3.13. The molecule has 0 saturated carbocycles. The number of carbonyl (C=O) groups excluding carboxylic acids is 1. The molecule has 0 heterocycles. The van der Waals surface area contributed by atoms with Crippen LogP contribution >= 0.6 is 0 Å². The van der Waals surface area contributed by atoms with E-state index in [1.807, 2.05) is 0 Å². The summed E-state index contributed by atoms with van der Waals surface area (Å²) in [7, 11) is 1.45. The molecule has 0 spiro atoms. The Morgan fingerprint density at radius 3 is 2.82 bits per heavy atom. The first-order chi connectivity index (χ1) is 7.99. The minimum atomic E-state index is -3.96. The normalized spacial score (nSPS) is 11.1. The van der Waals surface area contributed by atoms with Gasteiger partial charge in [0.1, 0.15) is 5.75 Å². The molecule has 0 aliphatic carbocycles. The lowest BCUT2D eigenvalue weighted by atomic mass is 10.2. The van der Waals surface area contributed by atoms with Crippen LogP contribution in [-0.2, 0) is 16.1 Å². The Labute approximate surface area is 96.5 Å². The summed E-state index contributed by atoms with van der Waals surface area (Å²) in [5.74, 6) is 3.41. The van der Waals surface area contributed by atoms with E-state index in [9.17, 15) is 13.6 Å². The van der Waals surface area contributed by atoms with Crippen molar-refractivity contribution in [3.63, 3.8) is 0 Å². The molecule has 0 atom stereocenters. The summed E-state index contributed by atoms with van der Waals surface area (Å²) in [6.45, 7) is -0.433. The summed E-state index contributed by atoms with van der Waals surface area (Å²) in [5, 5.41) is 0. The number of ether oxygens (including phenoxy) is 2. The standard InChI is InChI=1S/C10H12F2N2O3/c1-16-8-4-2-3-7(5-8)6-17-10(11,12)9(15)14-13/h2-5H,6,13H2,1H3,(H,14,15). The van der Waals surface area contributed by atoms with E-state index in [2.05, 4.69) is 10.6 Å². The highest BCUT2D eigenvalue weighted by Gasteiger charge is 2.39. The Bertz CT molecular complexity index is 399. The highest BCUT2D eigenvalue weighted by molar-refractivity contribution is 5.81. The van der Waals surface area contributed by atoms with Crippen molar-refractivity contribution in [2.24, 2.45) is 5.84 Å². The Balaban J connectivity index is 2.63. The van der Waals surface area contributed by atoms with E-state index in [0.717, 1.165) is 0 Å². The molecule has 1 amide bonds. The van der Waals surface area contributed by atoms with Gasteiger partial charge in [-0.05, 0) is 17.7 Å². The lowest BCUT2D eigenvalue weighted by Gasteiger charge is -2.14. The number of rotatable bonds is 5. The average molecular weight is 246 g/mol. The molecule has 0 radical (unpaired) electrons. The summed E-state index contributed by atoms with van der Waals surface area (Å²) < 4.78 is 35.0. The van der Waals surface area contributed by atoms with Crippen molar-refractivity contribution in [2.45, 2.75) is 12.7 Å². The third-order valence-electron chi connectivity index (χ3n) is 1.95. The number of nitrogens with two attached hydrogens (primary N) is 1. The fourth-order valence-electron chi connectivity index (χ4n) is 1.09. The van der Waals surface area contributed by atoms with Crippen LogP contribution in [0.3, 0.4) is 0 Å². The van der Waals surface area contributed by atoms with Crippen LogP contribution in [0.2, 0.25) is 0 Å². The van der Waals surface area contributed by atoms with Crippen LogP contribution in [0, 0.1) is 0 Å². The van der Waals surface area contributed by atoms with Crippen LogP contribution in [0.15, 0.2) is 24.3 Å². The molecule has 1 aromatic carbocycles. The van der Waals surface area contributed by atoms with Gasteiger partial charge in [0.25, 0.3) is 0 Å². The van der Waals surface area contributed by atoms with Crippen LogP contribution in [0.25, 0.3) is 0 Å². The largest absolute Gasteiger partial charge is 0.497 e. The summed E-state index contributed by atoms with van der Waals surface area (Å²) in [6.07, 6.45) is -3.96. The second kappa shape index (κ2) is 5.55. The van der Waals surface area contributed by atoms with Crippen LogP contribution in [-0.4, -0.2) is 19.1 Å².